The largest absolute Gasteiger partial charge is 0.480 e. The van der Waals surface area contributed by atoms with Gasteiger partial charge < -0.3 is 5.11 Å². The van der Waals surface area contributed by atoms with E-state index < -0.39 is 17.6 Å². The highest BCUT2D eigenvalue weighted by molar-refractivity contribution is 5.71. The standard InChI is InChI=1S/C13H11FN2O3/c1-8(13(18)19)16-12(17)7-6-11(15-16)9-2-4-10(14)5-3-9/h2-8H,1H3,(H,18,19)/t8-/m0/s1. The van der Waals surface area contributed by atoms with Gasteiger partial charge in [-0.3, -0.25) is 4.79 Å². The second kappa shape index (κ2) is 5.01. The molecule has 0 fully saturated rings. The summed E-state index contributed by atoms with van der Waals surface area (Å²) in [5.74, 6) is -1.53. The number of carboxylic acid groups (broad SMARTS) is 1. The summed E-state index contributed by atoms with van der Waals surface area (Å²) in [7, 11) is 0. The van der Waals surface area contributed by atoms with E-state index in [0.29, 0.717) is 11.3 Å². The summed E-state index contributed by atoms with van der Waals surface area (Å²) in [4.78, 5) is 22.5. The smallest absolute Gasteiger partial charge is 0.328 e. The first-order valence-corrected chi connectivity index (χ1v) is 5.57. The number of hydrogen-bond acceptors (Lipinski definition) is 3. The number of aliphatic carboxylic acids is 1. The van der Waals surface area contributed by atoms with E-state index in [9.17, 15) is 14.0 Å². The molecule has 0 aliphatic carbocycles. The molecule has 1 aromatic heterocycles. The van der Waals surface area contributed by atoms with Crippen LogP contribution in [0.15, 0.2) is 41.2 Å². The molecule has 0 bridgehead atoms. The molecule has 0 radical (unpaired) electrons. The molecule has 98 valence electrons. The molecule has 2 aromatic rings. The van der Waals surface area contributed by atoms with Crippen LogP contribution in [0.25, 0.3) is 11.3 Å². The number of aromatic nitrogens is 2. The topological polar surface area (TPSA) is 72.2 Å². The number of halogens is 1. The molecule has 6 heteroatoms. The summed E-state index contributed by atoms with van der Waals surface area (Å²) >= 11 is 0. The van der Waals surface area contributed by atoms with Gasteiger partial charge >= 0.3 is 5.97 Å². The van der Waals surface area contributed by atoms with Crippen molar-refractivity contribution in [1.82, 2.24) is 9.78 Å². The molecule has 0 aliphatic rings. The van der Waals surface area contributed by atoms with Gasteiger partial charge in [0.15, 0.2) is 6.04 Å². The second-order valence-electron chi connectivity index (χ2n) is 4.02. The highest BCUT2D eigenvalue weighted by Crippen LogP contribution is 2.16. The normalized spacial score (nSPS) is 12.1. The first-order valence-electron chi connectivity index (χ1n) is 5.57. The number of rotatable bonds is 3. The Morgan fingerprint density at radius 3 is 2.47 bits per heavy atom. The molecule has 2 rings (SSSR count). The van der Waals surface area contributed by atoms with E-state index in [1.807, 2.05) is 0 Å². The fourth-order valence-corrected chi connectivity index (χ4v) is 1.58. The van der Waals surface area contributed by atoms with Crippen molar-refractivity contribution < 1.29 is 14.3 Å². The van der Waals surface area contributed by atoms with Crippen molar-refractivity contribution in [3.63, 3.8) is 0 Å². The fraction of sp³-hybridized carbons (Fsp3) is 0.154. The van der Waals surface area contributed by atoms with Crippen molar-refractivity contribution in [1.29, 1.82) is 0 Å². The highest BCUT2D eigenvalue weighted by atomic mass is 19.1. The Hall–Kier alpha value is -2.50. The first-order chi connectivity index (χ1) is 8.99. The average Bonchev–Trinajstić information content (AvgIpc) is 2.39. The van der Waals surface area contributed by atoms with Crippen molar-refractivity contribution in [3.8, 4) is 11.3 Å². The van der Waals surface area contributed by atoms with E-state index >= 15 is 0 Å². The fourth-order valence-electron chi connectivity index (χ4n) is 1.58. The summed E-state index contributed by atoms with van der Waals surface area (Å²) in [6.45, 7) is 1.37. The molecule has 0 amide bonds. The summed E-state index contributed by atoms with van der Waals surface area (Å²) in [6.07, 6.45) is 0. The molecule has 0 aliphatic heterocycles. The Balaban J connectivity index is 2.49. The van der Waals surface area contributed by atoms with E-state index in [0.717, 1.165) is 4.68 Å². The predicted molar refractivity (Wildman–Crippen MR) is 66.2 cm³/mol. The maximum atomic E-state index is 12.8. The molecular formula is C13H11FN2O3. The maximum Gasteiger partial charge on any atom is 0.328 e. The Kier molecular flexibility index (Phi) is 3.41. The minimum atomic E-state index is -1.15. The zero-order valence-electron chi connectivity index (χ0n) is 10.1. The lowest BCUT2D eigenvalue weighted by Crippen LogP contribution is -2.29. The van der Waals surface area contributed by atoms with Crippen LogP contribution < -0.4 is 5.56 Å². The molecule has 0 spiro atoms. The SMILES string of the molecule is C[C@@H](C(=O)O)n1nc(-c2ccc(F)cc2)ccc1=O. The first kappa shape index (κ1) is 12.9. The summed E-state index contributed by atoms with van der Waals surface area (Å²) in [5, 5.41) is 12.9. The molecule has 1 atom stereocenters. The molecule has 0 saturated heterocycles. The van der Waals surface area contributed by atoms with Crippen LogP contribution in [0.2, 0.25) is 0 Å². The lowest BCUT2D eigenvalue weighted by Gasteiger charge is -2.10. The van der Waals surface area contributed by atoms with E-state index in [4.69, 9.17) is 5.11 Å². The Labute approximate surface area is 107 Å². The zero-order valence-corrected chi connectivity index (χ0v) is 10.1. The van der Waals surface area contributed by atoms with Gasteiger partial charge in [0.2, 0.25) is 0 Å². The second-order valence-corrected chi connectivity index (χ2v) is 4.02. The maximum absolute atomic E-state index is 12.8. The molecule has 1 aromatic carbocycles. The van der Waals surface area contributed by atoms with Gasteiger partial charge in [-0.1, -0.05) is 0 Å². The number of carbonyl (C=O) groups is 1. The van der Waals surface area contributed by atoms with E-state index in [1.54, 1.807) is 0 Å². The number of carboxylic acids is 1. The van der Waals surface area contributed by atoms with Gasteiger partial charge in [0.25, 0.3) is 5.56 Å². The van der Waals surface area contributed by atoms with Crippen molar-refractivity contribution >= 4 is 5.97 Å². The lowest BCUT2D eigenvalue weighted by molar-refractivity contribution is -0.140. The van der Waals surface area contributed by atoms with Crippen molar-refractivity contribution in [2.24, 2.45) is 0 Å². The quantitative estimate of drug-likeness (QED) is 0.913. The van der Waals surface area contributed by atoms with Gasteiger partial charge in [0, 0.05) is 11.6 Å². The molecule has 1 heterocycles. The summed E-state index contributed by atoms with van der Waals surface area (Å²) in [6, 6.07) is 7.22. The van der Waals surface area contributed by atoms with Crippen molar-refractivity contribution in [3.05, 3.63) is 52.6 Å². The van der Waals surface area contributed by atoms with Crippen LogP contribution in [0.3, 0.4) is 0 Å². The van der Waals surface area contributed by atoms with Gasteiger partial charge in [-0.2, -0.15) is 5.10 Å². The van der Waals surface area contributed by atoms with Crippen LogP contribution in [-0.2, 0) is 4.79 Å². The highest BCUT2D eigenvalue weighted by Gasteiger charge is 2.16. The monoisotopic (exact) mass is 262 g/mol. The predicted octanol–water partition coefficient (Wildman–Crippen LogP) is 1.69. The van der Waals surface area contributed by atoms with Crippen LogP contribution >= 0.6 is 0 Å². The Morgan fingerprint density at radius 1 is 1.26 bits per heavy atom. The van der Waals surface area contributed by atoms with E-state index in [2.05, 4.69) is 5.10 Å². The number of benzene rings is 1. The summed E-state index contributed by atoms with van der Waals surface area (Å²) < 4.78 is 13.7. The minimum Gasteiger partial charge on any atom is -0.480 e. The average molecular weight is 262 g/mol. The van der Waals surface area contributed by atoms with Gasteiger partial charge in [-0.25, -0.2) is 13.9 Å². The van der Waals surface area contributed by atoms with Crippen LogP contribution in [-0.4, -0.2) is 20.9 Å². The van der Waals surface area contributed by atoms with Crippen molar-refractivity contribution in [2.75, 3.05) is 0 Å². The molecule has 5 nitrogen and oxygen atoms in total. The van der Waals surface area contributed by atoms with Crippen LogP contribution in [0, 0.1) is 5.82 Å². The van der Waals surface area contributed by atoms with Gasteiger partial charge in [-0.15, -0.1) is 0 Å². The van der Waals surface area contributed by atoms with Gasteiger partial charge in [0.05, 0.1) is 5.69 Å². The Morgan fingerprint density at radius 2 is 1.89 bits per heavy atom. The lowest BCUT2D eigenvalue weighted by atomic mass is 10.1. The summed E-state index contributed by atoms with van der Waals surface area (Å²) in [5.41, 5.74) is 0.515. The minimum absolute atomic E-state index is 0.379. The molecule has 0 unspecified atom stereocenters. The van der Waals surface area contributed by atoms with E-state index in [-0.39, 0.29) is 5.82 Å². The Bertz CT molecular complexity index is 664. The van der Waals surface area contributed by atoms with Gasteiger partial charge in [0.1, 0.15) is 5.82 Å². The third-order valence-corrected chi connectivity index (χ3v) is 2.69. The molecule has 1 N–H and O–H groups in total. The third-order valence-electron chi connectivity index (χ3n) is 2.69. The van der Waals surface area contributed by atoms with Crippen LogP contribution in [0.1, 0.15) is 13.0 Å². The number of hydrogen-bond donors (Lipinski definition) is 1. The van der Waals surface area contributed by atoms with Gasteiger partial charge in [-0.05, 0) is 37.3 Å². The third kappa shape index (κ3) is 2.67. The van der Waals surface area contributed by atoms with Crippen molar-refractivity contribution in [2.45, 2.75) is 13.0 Å². The van der Waals surface area contributed by atoms with Crippen LogP contribution in [0.4, 0.5) is 4.39 Å². The molecular weight excluding hydrogens is 251 g/mol. The zero-order chi connectivity index (χ0) is 14.0. The van der Waals surface area contributed by atoms with Crippen LogP contribution in [0.5, 0.6) is 0 Å². The molecule has 19 heavy (non-hydrogen) atoms. The van der Waals surface area contributed by atoms with E-state index in [1.165, 1.54) is 43.3 Å². The molecule has 0 saturated carbocycles. The number of nitrogens with zero attached hydrogens (tertiary/aromatic N) is 2.